The molecule has 2 heterocycles. The molecule has 0 radical (unpaired) electrons. The van der Waals surface area contributed by atoms with Gasteiger partial charge in [0.15, 0.2) is 0 Å². The Hall–Kier alpha value is -1.91. The second kappa shape index (κ2) is 8.22. The summed E-state index contributed by atoms with van der Waals surface area (Å²) in [5.41, 5.74) is -0.472. The van der Waals surface area contributed by atoms with Gasteiger partial charge in [-0.25, -0.2) is 13.1 Å². The molecular weight excluding hydrogens is 413 g/mol. The molecule has 0 spiro atoms. The van der Waals surface area contributed by atoms with Crippen molar-refractivity contribution in [3.8, 4) is 0 Å². The minimum absolute atomic E-state index is 0.116. The van der Waals surface area contributed by atoms with Crippen molar-refractivity contribution < 1.29 is 26.4 Å². The zero-order chi connectivity index (χ0) is 20.4. The quantitative estimate of drug-likeness (QED) is 0.789. The van der Waals surface area contributed by atoms with Gasteiger partial charge < -0.3 is 4.90 Å². The molecule has 0 bridgehead atoms. The van der Waals surface area contributed by atoms with Crippen molar-refractivity contribution >= 4 is 27.3 Å². The third-order valence-electron chi connectivity index (χ3n) is 4.54. The molecule has 0 saturated carbocycles. The standard InChI is InChI=1S/C18H19F3N2O3S2/c19-18(20,21)14-4-1-3-13(11-14)12-16(24)23-8-6-15(7-9-23)22-28(25,26)17-5-2-10-27-17/h1-5,10-11,15,22H,6-9,12H2. The maximum absolute atomic E-state index is 12.8. The van der Waals surface area contributed by atoms with E-state index in [9.17, 15) is 26.4 Å². The fraction of sp³-hybridized carbons (Fsp3) is 0.389. The van der Waals surface area contributed by atoms with Crippen LogP contribution in [0.5, 0.6) is 0 Å². The third kappa shape index (κ3) is 5.12. The SMILES string of the molecule is O=C(Cc1cccc(C(F)(F)F)c1)N1CCC(NS(=O)(=O)c2cccs2)CC1. The molecule has 152 valence electrons. The molecule has 1 aliphatic heterocycles. The van der Waals surface area contributed by atoms with Crippen LogP contribution >= 0.6 is 11.3 Å². The monoisotopic (exact) mass is 432 g/mol. The molecule has 1 saturated heterocycles. The Labute approximate surface area is 165 Å². The Morgan fingerprint density at radius 3 is 2.50 bits per heavy atom. The van der Waals surface area contributed by atoms with Crippen LogP contribution in [0.4, 0.5) is 13.2 Å². The number of amides is 1. The van der Waals surface area contributed by atoms with Crippen LogP contribution in [0.3, 0.4) is 0 Å². The van der Waals surface area contributed by atoms with E-state index in [1.807, 2.05) is 0 Å². The summed E-state index contributed by atoms with van der Waals surface area (Å²) in [5, 5.41) is 1.68. The lowest BCUT2D eigenvalue weighted by molar-refractivity contribution is -0.138. The van der Waals surface area contributed by atoms with Crippen molar-refractivity contribution in [2.24, 2.45) is 0 Å². The van der Waals surface area contributed by atoms with Gasteiger partial charge in [0, 0.05) is 19.1 Å². The van der Waals surface area contributed by atoms with Crippen LogP contribution in [0, 0.1) is 0 Å². The number of halogens is 3. The van der Waals surface area contributed by atoms with E-state index in [1.54, 1.807) is 16.3 Å². The number of carbonyl (C=O) groups excluding carboxylic acids is 1. The highest BCUT2D eigenvalue weighted by Crippen LogP contribution is 2.29. The lowest BCUT2D eigenvalue weighted by Gasteiger charge is -2.32. The average molecular weight is 432 g/mol. The Morgan fingerprint density at radius 1 is 1.18 bits per heavy atom. The number of nitrogens with zero attached hydrogens (tertiary/aromatic N) is 1. The summed E-state index contributed by atoms with van der Waals surface area (Å²) in [5.74, 6) is -0.265. The number of benzene rings is 1. The Bertz CT molecular complexity index is 920. The van der Waals surface area contributed by atoms with Crippen LogP contribution < -0.4 is 4.72 Å². The number of hydrogen-bond donors (Lipinski definition) is 1. The molecule has 0 unspecified atom stereocenters. The number of alkyl halides is 3. The first kappa shape index (κ1) is 20.8. The van der Waals surface area contributed by atoms with Crippen LogP contribution in [-0.2, 0) is 27.4 Å². The van der Waals surface area contributed by atoms with Crippen LogP contribution in [0.15, 0.2) is 46.0 Å². The molecule has 1 aromatic carbocycles. The largest absolute Gasteiger partial charge is 0.416 e. The van der Waals surface area contributed by atoms with Crippen LogP contribution in [0.1, 0.15) is 24.0 Å². The van der Waals surface area contributed by atoms with Crippen molar-refractivity contribution in [2.45, 2.75) is 35.7 Å². The van der Waals surface area contributed by atoms with Crippen LogP contribution in [0.25, 0.3) is 0 Å². The highest BCUT2D eigenvalue weighted by atomic mass is 32.2. The highest BCUT2D eigenvalue weighted by Gasteiger charge is 2.31. The van der Waals surface area contributed by atoms with Crippen molar-refractivity contribution in [1.82, 2.24) is 9.62 Å². The molecular formula is C18H19F3N2O3S2. The number of likely N-dealkylation sites (tertiary alicyclic amines) is 1. The summed E-state index contributed by atoms with van der Waals surface area (Å²) in [6, 6.07) is 7.66. The van der Waals surface area contributed by atoms with Crippen LogP contribution in [-0.4, -0.2) is 38.4 Å². The van der Waals surface area contributed by atoms with E-state index in [1.165, 1.54) is 18.2 Å². The van der Waals surface area contributed by atoms with Gasteiger partial charge in [-0.1, -0.05) is 24.3 Å². The second-order valence-corrected chi connectivity index (χ2v) is 9.47. The van der Waals surface area contributed by atoms with E-state index in [4.69, 9.17) is 0 Å². The molecule has 1 aliphatic rings. The Morgan fingerprint density at radius 2 is 1.89 bits per heavy atom. The summed E-state index contributed by atoms with van der Waals surface area (Å²) in [6.45, 7) is 0.713. The van der Waals surface area contributed by atoms with Crippen LogP contribution in [0.2, 0.25) is 0 Å². The topological polar surface area (TPSA) is 66.5 Å². The zero-order valence-electron chi connectivity index (χ0n) is 14.8. The number of piperidine rings is 1. The lowest BCUT2D eigenvalue weighted by Crippen LogP contribution is -2.46. The number of nitrogens with one attached hydrogen (secondary N) is 1. The van der Waals surface area contributed by atoms with Crippen molar-refractivity contribution in [2.75, 3.05) is 13.1 Å². The predicted octanol–water partition coefficient (Wildman–Crippen LogP) is 3.28. The van der Waals surface area contributed by atoms with E-state index in [2.05, 4.69) is 4.72 Å². The minimum Gasteiger partial charge on any atom is -0.342 e. The molecule has 10 heteroatoms. The third-order valence-corrected chi connectivity index (χ3v) is 7.46. The summed E-state index contributed by atoms with van der Waals surface area (Å²) in [7, 11) is -3.56. The van der Waals surface area contributed by atoms with Crippen molar-refractivity contribution in [3.05, 3.63) is 52.9 Å². The number of carbonyl (C=O) groups is 1. The molecule has 5 nitrogen and oxygen atoms in total. The smallest absolute Gasteiger partial charge is 0.342 e. The molecule has 28 heavy (non-hydrogen) atoms. The fourth-order valence-electron chi connectivity index (χ4n) is 3.08. The number of thiophene rings is 1. The summed E-state index contributed by atoms with van der Waals surface area (Å²) in [6.07, 6.45) is -3.65. The Balaban J connectivity index is 1.54. The first-order chi connectivity index (χ1) is 13.1. The van der Waals surface area contributed by atoms with Gasteiger partial charge in [0.1, 0.15) is 4.21 Å². The zero-order valence-corrected chi connectivity index (χ0v) is 16.4. The van der Waals surface area contributed by atoms with Gasteiger partial charge in [-0.05, 0) is 35.9 Å². The van der Waals surface area contributed by atoms with E-state index < -0.39 is 21.8 Å². The summed E-state index contributed by atoms with van der Waals surface area (Å²) < 4.78 is 65.8. The van der Waals surface area contributed by atoms with Gasteiger partial charge in [-0.3, -0.25) is 4.79 Å². The second-order valence-electron chi connectivity index (χ2n) is 6.58. The molecule has 3 rings (SSSR count). The van der Waals surface area contributed by atoms with Gasteiger partial charge >= 0.3 is 6.18 Å². The molecule has 0 aliphatic carbocycles. The van der Waals surface area contributed by atoms with E-state index >= 15 is 0 Å². The summed E-state index contributed by atoms with van der Waals surface area (Å²) in [4.78, 5) is 14.0. The maximum Gasteiger partial charge on any atom is 0.416 e. The maximum atomic E-state index is 12.8. The van der Waals surface area contributed by atoms with Crippen molar-refractivity contribution in [3.63, 3.8) is 0 Å². The molecule has 1 N–H and O–H groups in total. The Kier molecular flexibility index (Phi) is 6.11. The normalized spacial score (nSPS) is 16.3. The molecule has 1 aromatic heterocycles. The van der Waals surface area contributed by atoms with E-state index in [-0.39, 0.29) is 22.6 Å². The molecule has 0 atom stereocenters. The van der Waals surface area contributed by atoms with E-state index in [0.29, 0.717) is 31.5 Å². The fourth-order valence-corrected chi connectivity index (χ4v) is 5.40. The predicted molar refractivity (Wildman–Crippen MR) is 99.4 cm³/mol. The molecule has 1 amide bonds. The first-order valence-corrected chi connectivity index (χ1v) is 11.0. The van der Waals surface area contributed by atoms with Gasteiger partial charge in [-0.2, -0.15) is 13.2 Å². The van der Waals surface area contributed by atoms with E-state index in [0.717, 1.165) is 23.5 Å². The molecule has 1 fully saturated rings. The lowest BCUT2D eigenvalue weighted by atomic mass is 10.0. The number of hydrogen-bond acceptors (Lipinski definition) is 4. The number of rotatable bonds is 5. The van der Waals surface area contributed by atoms with Crippen molar-refractivity contribution in [1.29, 1.82) is 0 Å². The van der Waals surface area contributed by atoms with Gasteiger partial charge in [0.2, 0.25) is 15.9 Å². The van der Waals surface area contributed by atoms with Gasteiger partial charge in [0.25, 0.3) is 0 Å². The molecule has 2 aromatic rings. The van der Waals surface area contributed by atoms with Gasteiger partial charge in [0.05, 0.1) is 12.0 Å². The highest BCUT2D eigenvalue weighted by molar-refractivity contribution is 7.91. The number of sulfonamides is 1. The summed E-state index contributed by atoms with van der Waals surface area (Å²) >= 11 is 1.13. The minimum atomic E-state index is -4.45. The van der Waals surface area contributed by atoms with Gasteiger partial charge in [-0.15, -0.1) is 11.3 Å². The first-order valence-electron chi connectivity index (χ1n) is 8.65. The average Bonchev–Trinajstić information content (AvgIpc) is 3.17.